The summed E-state index contributed by atoms with van der Waals surface area (Å²) < 4.78 is 16.7. The zero-order chi connectivity index (χ0) is 20.3. The zero-order valence-corrected chi connectivity index (χ0v) is 17.2. The first-order chi connectivity index (χ1) is 14.8. The Morgan fingerprint density at radius 2 is 1.83 bits per heavy atom. The molecule has 0 aliphatic carbocycles. The van der Waals surface area contributed by atoms with Crippen molar-refractivity contribution in [3.63, 3.8) is 0 Å². The highest BCUT2D eigenvalue weighted by molar-refractivity contribution is 5.60. The highest BCUT2D eigenvalue weighted by Gasteiger charge is 2.27. The summed E-state index contributed by atoms with van der Waals surface area (Å²) in [6.45, 7) is 3.30. The van der Waals surface area contributed by atoms with Gasteiger partial charge in [-0.25, -0.2) is 4.98 Å². The van der Waals surface area contributed by atoms with E-state index >= 15 is 0 Å². The lowest BCUT2D eigenvalue weighted by molar-refractivity contribution is 0.170. The van der Waals surface area contributed by atoms with Gasteiger partial charge in [0.1, 0.15) is 13.2 Å². The molecule has 3 aromatic rings. The first-order valence-corrected chi connectivity index (χ1v) is 10.5. The molecule has 5 rings (SSSR count). The quantitative estimate of drug-likeness (QED) is 0.609. The Labute approximate surface area is 177 Å². The van der Waals surface area contributed by atoms with Crippen molar-refractivity contribution in [2.45, 2.75) is 25.4 Å². The van der Waals surface area contributed by atoms with Gasteiger partial charge in [-0.15, -0.1) is 0 Å². The number of rotatable bonds is 5. The normalized spacial score (nSPS) is 18.4. The first kappa shape index (κ1) is 18.9. The number of fused-ring (bicyclic) bond motifs is 1. The van der Waals surface area contributed by atoms with Gasteiger partial charge in [0.25, 0.3) is 0 Å². The van der Waals surface area contributed by atoms with Crippen molar-refractivity contribution in [1.82, 2.24) is 9.88 Å². The summed E-state index contributed by atoms with van der Waals surface area (Å²) in [6.07, 6.45) is 2.39. The molecule has 2 aliphatic heterocycles. The Hall–Kier alpha value is -3.05. The summed E-state index contributed by atoms with van der Waals surface area (Å²) in [5.41, 5.74) is 4.65. The van der Waals surface area contributed by atoms with Gasteiger partial charge in [0, 0.05) is 24.2 Å². The summed E-state index contributed by atoms with van der Waals surface area (Å²) in [5.74, 6) is 2.37. The number of nitrogens with zero attached hydrogens (tertiary/aromatic N) is 2. The highest BCUT2D eigenvalue weighted by atomic mass is 16.6. The topological polar surface area (TPSA) is 43.8 Å². The average Bonchev–Trinajstić information content (AvgIpc) is 3.27. The minimum Gasteiger partial charge on any atom is -0.486 e. The molecule has 0 amide bonds. The summed E-state index contributed by atoms with van der Waals surface area (Å²) in [7, 11) is 1.64. The minimum absolute atomic E-state index is 0.417. The maximum Gasteiger partial charge on any atom is 0.213 e. The van der Waals surface area contributed by atoms with Gasteiger partial charge in [-0.3, -0.25) is 4.90 Å². The summed E-state index contributed by atoms with van der Waals surface area (Å²) >= 11 is 0. The number of benzene rings is 2. The molecule has 2 aliphatic rings. The van der Waals surface area contributed by atoms with Gasteiger partial charge in [-0.2, -0.15) is 0 Å². The highest BCUT2D eigenvalue weighted by Crippen LogP contribution is 2.38. The molecule has 1 fully saturated rings. The largest absolute Gasteiger partial charge is 0.486 e. The smallest absolute Gasteiger partial charge is 0.213 e. The fourth-order valence-electron chi connectivity index (χ4n) is 4.36. The molecule has 5 nitrogen and oxygen atoms in total. The molecule has 5 heteroatoms. The summed E-state index contributed by atoms with van der Waals surface area (Å²) in [5, 5.41) is 0. The fourth-order valence-corrected chi connectivity index (χ4v) is 4.36. The number of ether oxygens (including phenoxy) is 3. The molecule has 2 aromatic carbocycles. The van der Waals surface area contributed by atoms with Gasteiger partial charge >= 0.3 is 0 Å². The van der Waals surface area contributed by atoms with E-state index in [1.54, 1.807) is 7.11 Å². The van der Waals surface area contributed by atoms with E-state index < -0.39 is 0 Å². The van der Waals surface area contributed by atoms with E-state index in [1.807, 2.05) is 18.2 Å². The second-order valence-corrected chi connectivity index (χ2v) is 7.79. The maximum absolute atomic E-state index is 5.79. The van der Waals surface area contributed by atoms with E-state index in [2.05, 4.69) is 52.3 Å². The zero-order valence-electron chi connectivity index (χ0n) is 17.2. The third-order valence-corrected chi connectivity index (χ3v) is 5.88. The lowest BCUT2D eigenvalue weighted by atomic mass is 10.0. The van der Waals surface area contributed by atoms with Gasteiger partial charge < -0.3 is 14.2 Å². The van der Waals surface area contributed by atoms with Crippen LogP contribution >= 0.6 is 0 Å². The van der Waals surface area contributed by atoms with Crippen molar-refractivity contribution in [3.8, 4) is 28.6 Å². The fraction of sp³-hybridized carbons (Fsp3) is 0.320. The van der Waals surface area contributed by atoms with E-state index in [0.29, 0.717) is 25.1 Å². The van der Waals surface area contributed by atoms with Crippen LogP contribution in [0.2, 0.25) is 0 Å². The molecular formula is C25H26N2O3. The standard InChI is InChI=1S/C25H26N2O3/c1-28-25-6-2-4-21(26-25)19-9-7-18(8-10-19)17-27-13-3-5-22(27)20-11-12-23-24(16-20)30-15-14-29-23/h2,4,6-12,16,22H,3,5,13-15,17H2,1H3. The number of hydrogen-bond acceptors (Lipinski definition) is 5. The molecule has 30 heavy (non-hydrogen) atoms. The SMILES string of the molecule is COc1cccc(-c2ccc(CN3CCCC3c3ccc4c(c3)OCCO4)cc2)n1. The molecule has 1 unspecified atom stereocenters. The van der Waals surface area contributed by atoms with Gasteiger partial charge in [0.05, 0.1) is 12.8 Å². The predicted molar refractivity (Wildman–Crippen MR) is 116 cm³/mol. The van der Waals surface area contributed by atoms with E-state index in [4.69, 9.17) is 14.2 Å². The number of aromatic nitrogens is 1. The first-order valence-electron chi connectivity index (χ1n) is 10.5. The van der Waals surface area contributed by atoms with Crippen LogP contribution in [0.15, 0.2) is 60.7 Å². The molecule has 1 atom stereocenters. The van der Waals surface area contributed by atoms with Crippen LogP contribution in [0.25, 0.3) is 11.3 Å². The van der Waals surface area contributed by atoms with Crippen LogP contribution in [0.4, 0.5) is 0 Å². The van der Waals surface area contributed by atoms with Gasteiger partial charge in [0.2, 0.25) is 5.88 Å². The molecule has 1 saturated heterocycles. The van der Waals surface area contributed by atoms with Crippen LogP contribution < -0.4 is 14.2 Å². The monoisotopic (exact) mass is 402 g/mol. The van der Waals surface area contributed by atoms with Crippen molar-refractivity contribution < 1.29 is 14.2 Å². The molecule has 0 spiro atoms. The van der Waals surface area contributed by atoms with Crippen molar-refractivity contribution >= 4 is 0 Å². The molecule has 1 aromatic heterocycles. The van der Waals surface area contributed by atoms with Crippen molar-refractivity contribution in [1.29, 1.82) is 0 Å². The Bertz CT molecular complexity index is 1020. The van der Waals surface area contributed by atoms with Crippen LogP contribution in [0.1, 0.15) is 30.0 Å². The Morgan fingerprint density at radius 1 is 1.00 bits per heavy atom. The average molecular weight is 402 g/mol. The molecule has 0 radical (unpaired) electrons. The second kappa shape index (κ2) is 8.36. The number of methoxy groups -OCH3 is 1. The van der Waals surface area contributed by atoms with Crippen LogP contribution in [-0.2, 0) is 6.54 Å². The molecule has 154 valence electrons. The minimum atomic E-state index is 0.417. The lowest BCUT2D eigenvalue weighted by Crippen LogP contribution is -2.23. The van der Waals surface area contributed by atoms with Crippen molar-refractivity contribution in [3.05, 3.63) is 71.8 Å². The van der Waals surface area contributed by atoms with Crippen LogP contribution in [0, 0.1) is 0 Å². The molecular weight excluding hydrogens is 376 g/mol. The predicted octanol–water partition coefficient (Wildman–Crippen LogP) is 4.87. The van der Waals surface area contributed by atoms with Crippen LogP contribution in [0.3, 0.4) is 0 Å². The lowest BCUT2D eigenvalue weighted by Gasteiger charge is -2.26. The number of pyridine rings is 1. The van der Waals surface area contributed by atoms with E-state index in [9.17, 15) is 0 Å². The Balaban J connectivity index is 1.31. The van der Waals surface area contributed by atoms with Gasteiger partial charge in [0.15, 0.2) is 11.5 Å². The summed E-state index contributed by atoms with van der Waals surface area (Å²) in [6, 6.07) is 21.4. The van der Waals surface area contributed by atoms with Gasteiger partial charge in [-0.05, 0) is 48.7 Å². The summed E-state index contributed by atoms with van der Waals surface area (Å²) in [4.78, 5) is 7.09. The molecule has 3 heterocycles. The number of hydrogen-bond donors (Lipinski definition) is 0. The third kappa shape index (κ3) is 3.85. The number of likely N-dealkylation sites (tertiary alicyclic amines) is 1. The Kier molecular flexibility index (Phi) is 5.28. The van der Waals surface area contributed by atoms with E-state index in [1.165, 1.54) is 24.0 Å². The van der Waals surface area contributed by atoms with E-state index in [-0.39, 0.29) is 0 Å². The van der Waals surface area contributed by atoms with Crippen molar-refractivity contribution in [2.75, 3.05) is 26.9 Å². The van der Waals surface area contributed by atoms with E-state index in [0.717, 1.165) is 35.8 Å². The Morgan fingerprint density at radius 3 is 2.67 bits per heavy atom. The third-order valence-electron chi connectivity index (χ3n) is 5.88. The van der Waals surface area contributed by atoms with Crippen molar-refractivity contribution in [2.24, 2.45) is 0 Å². The van der Waals surface area contributed by atoms with Crippen LogP contribution in [-0.4, -0.2) is 36.8 Å². The molecule has 0 bridgehead atoms. The molecule has 0 N–H and O–H groups in total. The van der Waals surface area contributed by atoms with Crippen LogP contribution in [0.5, 0.6) is 17.4 Å². The van der Waals surface area contributed by atoms with Gasteiger partial charge in [-0.1, -0.05) is 36.4 Å². The molecule has 0 saturated carbocycles. The maximum atomic E-state index is 5.79. The second-order valence-electron chi connectivity index (χ2n) is 7.79.